The average molecular weight is 290 g/mol. The number of nitrogens with one attached hydrogen (secondary N) is 2. The first-order chi connectivity index (χ1) is 9.65. The van der Waals surface area contributed by atoms with Crippen molar-refractivity contribution in [3.63, 3.8) is 0 Å². The van der Waals surface area contributed by atoms with E-state index in [0.717, 1.165) is 21.9 Å². The molecule has 5 heteroatoms. The highest BCUT2D eigenvalue weighted by molar-refractivity contribution is 7.12. The summed E-state index contributed by atoms with van der Waals surface area (Å²) in [6, 6.07) is 13.0. The summed E-state index contributed by atoms with van der Waals surface area (Å²) >= 11 is 1.57. The molecule has 2 amide bonds. The van der Waals surface area contributed by atoms with Crippen LogP contribution in [0.5, 0.6) is 0 Å². The molecule has 1 heterocycles. The summed E-state index contributed by atoms with van der Waals surface area (Å²) in [5.74, 6) is 0. The third-order valence-electron chi connectivity index (χ3n) is 2.78. The van der Waals surface area contributed by atoms with Crippen molar-refractivity contribution in [3.05, 3.63) is 52.2 Å². The van der Waals surface area contributed by atoms with Crippen LogP contribution in [0.2, 0.25) is 0 Å². The topological polar surface area (TPSA) is 61.4 Å². The van der Waals surface area contributed by atoms with Gasteiger partial charge in [0.05, 0.1) is 6.10 Å². The van der Waals surface area contributed by atoms with Gasteiger partial charge in [-0.15, -0.1) is 11.3 Å². The molecule has 106 valence electrons. The van der Waals surface area contributed by atoms with E-state index in [9.17, 15) is 9.90 Å². The van der Waals surface area contributed by atoms with Gasteiger partial charge >= 0.3 is 6.03 Å². The molecule has 0 fully saturated rings. The van der Waals surface area contributed by atoms with Crippen LogP contribution >= 0.6 is 11.3 Å². The van der Waals surface area contributed by atoms with Gasteiger partial charge in [-0.1, -0.05) is 18.2 Å². The standard InChI is InChI=1S/C15H18N2O2S/c1-11(18)14-8-7-13(20-14)9-10-16-15(19)17-12-5-3-2-4-6-12/h2-8,11,18H,9-10H2,1H3,(H2,16,17,19)/t11-/m1/s1. The quantitative estimate of drug-likeness (QED) is 0.792. The molecule has 3 N–H and O–H groups in total. The number of carbonyl (C=O) groups is 1. The Morgan fingerprint density at radius 2 is 2.00 bits per heavy atom. The Kier molecular flexibility index (Phi) is 5.15. The highest BCUT2D eigenvalue weighted by atomic mass is 32.1. The second-order valence-electron chi connectivity index (χ2n) is 4.48. The molecule has 0 aliphatic heterocycles. The lowest BCUT2D eigenvalue weighted by atomic mass is 10.3. The van der Waals surface area contributed by atoms with Crippen LogP contribution in [-0.2, 0) is 6.42 Å². The summed E-state index contributed by atoms with van der Waals surface area (Å²) < 4.78 is 0. The van der Waals surface area contributed by atoms with Crippen LogP contribution in [-0.4, -0.2) is 17.7 Å². The molecular weight excluding hydrogens is 272 g/mol. The number of urea groups is 1. The van der Waals surface area contributed by atoms with Gasteiger partial charge in [-0.25, -0.2) is 4.79 Å². The van der Waals surface area contributed by atoms with Gasteiger partial charge in [0, 0.05) is 22.0 Å². The number of anilines is 1. The van der Waals surface area contributed by atoms with Crippen LogP contribution in [0.3, 0.4) is 0 Å². The molecule has 0 bridgehead atoms. The Balaban J connectivity index is 1.73. The lowest BCUT2D eigenvalue weighted by Crippen LogP contribution is -2.30. The molecular formula is C15H18N2O2S. The number of benzene rings is 1. The molecule has 1 atom stereocenters. The summed E-state index contributed by atoms with van der Waals surface area (Å²) in [7, 11) is 0. The van der Waals surface area contributed by atoms with Crippen LogP contribution in [0.15, 0.2) is 42.5 Å². The molecule has 1 aromatic carbocycles. The summed E-state index contributed by atoms with van der Waals surface area (Å²) in [4.78, 5) is 13.8. The second-order valence-corrected chi connectivity index (χ2v) is 5.68. The Morgan fingerprint density at radius 3 is 2.65 bits per heavy atom. The number of aliphatic hydroxyl groups is 1. The predicted molar refractivity (Wildman–Crippen MR) is 82.1 cm³/mol. The van der Waals surface area contributed by atoms with E-state index in [1.807, 2.05) is 42.5 Å². The summed E-state index contributed by atoms with van der Waals surface area (Å²) in [6.07, 6.45) is 0.336. The maximum absolute atomic E-state index is 11.7. The van der Waals surface area contributed by atoms with Crippen LogP contribution in [0.1, 0.15) is 22.8 Å². The van der Waals surface area contributed by atoms with Crippen LogP contribution < -0.4 is 10.6 Å². The fourth-order valence-electron chi connectivity index (χ4n) is 1.75. The SMILES string of the molecule is C[C@@H](O)c1ccc(CCNC(=O)Nc2ccccc2)s1. The van der Waals surface area contributed by atoms with E-state index in [1.165, 1.54) is 0 Å². The van der Waals surface area contributed by atoms with Gasteiger partial charge in [0.15, 0.2) is 0 Å². The summed E-state index contributed by atoms with van der Waals surface area (Å²) in [6.45, 7) is 2.32. The van der Waals surface area contributed by atoms with Crippen LogP contribution in [0.25, 0.3) is 0 Å². The van der Waals surface area contributed by atoms with E-state index in [1.54, 1.807) is 18.3 Å². The van der Waals surface area contributed by atoms with Crippen molar-refractivity contribution in [2.24, 2.45) is 0 Å². The van der Waals surface area contributed by atoms with Gasteiger partial charge in [0.25, 0.3) is 0 Å². The molecule has 1 aromatic heterocycles. The number of thiophene rings is 1. The van der Waals surface area contributed by atoms with Crippen molar-refractivity contribution >= 4 is 23.1 Å². The van der Waals surface area contributed by atoms with Gasteiger partial charge in [-0.2, -0.15) is 0 Å². The van der Waals surface area contributed by atoms with Gasteiger partial charge in [-0.3, -0.25) is 0 Å². The maximum Gasteiger partial charge on any atom is 0.319 e. The molecule has 0 aliphatic carbocycles. The van der Waals surface area contributed by atoms with Crippen molar-refractivity contribution in [1.82, 2.24) is 5.32 Å². The minimum atomic E-state index is -0.428. The third-order valence-corrected chi connectivity index (χ3v) is 4.10. The number of rotatable bonds is 5. The molecule has 4 nitrogen and oxygen atoms in total. The van der Waals surface area contributed by atoms with E-state index in [0.29, 0.717) is 6.54 Å². The number of hydrogen-bond donors (Lipinski definition) is 3. The molecule has 0 radical (unpaired) electrons. The Labute approximate surface area is 122 Å². The van der Waals surface area contributed by atoms with Gasteiger partial charge in [0.1, 0.15) is 0 Å². The van der Waals surface area contributed by atoms with Crippen LogP contribution in [0.4, 0.5) is 10.5 Å². The van der Waals surface area contributed by atoms with Gasteiger partial charge in [-0.05, 0) is 37.6 Å². The van der Waals surface area contributed by atoms with E-state index < -0.39 is 6.10 Å². The first kappa shape index (κ1) is 14.6. The number of carbonyl (C=O) groups excluding carboxylic acids is 1. The van der Waals surface area contributed by atoms with Crippen molar-refractivity contribution in [1.29, 1.82) is 0 Å². The molecule has 0 spiro atoms. The highest BCUT2D eigenvalue weighted by Crippen LogP contribution is 2.22. The molecule has 20 heavy (non-hydrogen) atoms. The van der Waals surface area contributed by atoms with Gasteiger partial charge in [0.2, 0.25) is 0 Å². The van der Waals surface area contributed by atoms with Crippen molar-refractivity contribution in [2.45, 2.75) is 19.4 Å². The first-order valence-corrected chi connectivity index (χ1v) is 7.33. The zero-order valence-electron chi connectivity index (χ0n) is 11.3. The number of para-hydroxylation sites is 1. The lowest BCUT2D eigenvalue weighted by molar-refractivity contribution is 0.203. The van der Waals surface area contributed by atoms with E-state index in [4.69, 9.17) is 0 Å². The first-order valence-electron chi connectivity index (χ1n) is 6.52. The molecule has 2 aromatic rings. The highest BCUT2D eigenvalue weighted by Gasteiger charge is 2.06. The largest absolute Gasteiger partial charge is 0.388 e. The molecule has 0 saturated carbocycles. The maximum atomic E-state index is 11.7. The Hall–Kier alpha value is -1.85. The van der Waals surface area contributed by atoms with Crippen molar-refractivity contribution in [3.8, 4) is 0 Å². The normalized spacial score (nSPS) is 11.9. The lowest BCUT2D eigenvalue weighted by Gasteiger charge is -2.06. The number of amides is 2. The zero-order valence-corrected chi connectivity index (χ0v) is 12.1. The second kappa shape index (κ2) is 7.07. The fourth-order valence-corrected chi connectivity index (χ4v) is 2.70. The Bertz CT molecular complexity index is 552. The van der Waals surface area contributed by atoms with E-state index in [-0.39, 0.29) is 6.03 Å². The van der Waals surface area contributed by atoms with Crippen molar-refractivity contribution in [2.75, 3.05) is 11.9 Å². The minimum Gasteiger partial charge on any atom is -0.388 e. The van der Waals surface area contributed by atoms with E-state index >= 15 is 0 Å². The Morgan fingerprint density at radius 1 is 1.25 bits per heavy atom. The molecule has 2 rings (SSSR count). The average Bonchev–Trinajstić information content (AvgIpc) is 2.89. The summed E-state index contributed by atoms with van der Waals surface area (Å²) in [5.41, 5.74) is 0.775. The number of hydrogen-bond acceptors (Lipinski definition) is 3. The molecule has 0 unspecified atom stereocenters. The van der Waals surface area contributed by atoms with Gasteiger partial charge < -0.3 is 15.7 Å². The van der Waals surface area contributed by atoms with E-state index in [2.05, 4.69) is 10.6 Å². The smallest absolute Gasteiger partial charge is 0.319 e. The monoisotopic (exact) mass is 290 g/mol. The fraction of sp³-hybridized carbons (Fsp3) is 0.267. The summed E-state index contributed by atoms with van der Waals surface area (Å²) in [5, 5.41) is 15.0. The molecule has 0 saturated heterocycles. The predicted octanol–water partition coefficient (Wildman–Crippen LogP) is 3.17. The zero-order chi connectivity index (χ0) is 14.4. The number of aliphatic hydroxyl groups excluding tert-OH is 1. The third kappa shape index (κ3) is 4.36. The minimum absolute atomic E-state index is 0.205. The van der Waals surface area contributed by atoms with Crippen molar-refractivity contribution < 1.29 is 9.90 Å². The van der Waals surface area contributed by atoms with Crippen LogP contribution in [0, 0.1) is 0 Å². The molecule has 0 aliphatic rings.